The van der Waals surface area contributed by atoms with Gasteiger partial charge < -0.3 is 5.32 Å². The van der Waals surface area contributed by atoms with Crippen LogP contribution in [0.4, 0.5) is 23.2 Å². The molecule has 0 bridgehead atoms. The molecular formula is C15H13F4N. The van der Waals surface area contributed by atoms with Crippen LogP contribution in [0, 0.1) is 30.2 Å². The maximum atomic E-state index is 13.8. The Labute approximate surface area is 114 Å². The number of anilines is 1. The molecule has 5 heteroatoms. The zero-order valence-corrected chi connectivity index (χ0v) is 11.0. The summed E-state index contributed by atoms with van der Waals surface area (Å²) >= 11 is 0. The zero-order valence-electron chi connectivity index (χ0n) is 11.0. The summed E-state index contributed by atoms with van der Waals surface area (Å²) in [5, 5.41) is 2.80. The summed E-state index contributed by atoms with van der Waals surface area (Å²) in [6.07, 6.45) is 0. The van der Waals surface area contributed by atoms with Gasteiger partial charge in [-0.15, -0.1) is 0 Å². The molecule has 2 aromatic carbocycles. The molecule has 1 unspecified atom stereocenters. The van der Waals surface area contributed by atoms with E-state index in [0.29, 0.717) is 0 Å². The normalized spacial score (nSPS) is 12.3. The van der Waals surface area contributed by atoms with E-state index in [0.717, 1.165) is 24.3 Å². The van der Waals surface area contributed by atoms with Crippen molar-refractivity contribution in [2.75, 3.05) is 5.32 Å². The summed E-state index contributed by atoms with van der Waals surface area (Å²) < 4.78 is 53.1. The van der Waals surface area contributed by atoms with Crippen LogP contribution in [0.5, 0.6) is 0 Å². The minimum atomic E-state index is -1.00. The van der Waals surface area contributed by atoms with Crippen LogP contribution in [0.1, 0.15) is 24.1 Å². The minimum Gasteiger partial charge on any atom is -0.378 e. The largest absolute Gasteiger partial charge is 0.378 e. The molecule has 106 valence electrons. The highest BCUT2D eigenvalue weighted by molar-refractivity contribution is 5.46. The molecule has 1 atom stereocenters. The van der Waals surface area contributed by atoms with E-state index in [4.69, 9.17) is 0 Å². The summed E-state index contributed by atoms with van der Waals surface area (Å²) in [5.41, 5.74) is 0.626. The molecule has 0 saturated heterocycles. The van der Waals surface area contributed by atoms with Crippen molar-refractivity contribution < 1.29 is 17.6 Å². The molecule has 0 aromatic heterocycles. The maximum absolute atomic E-state index is 13.8. The van der Waals surface area contributed by atoms with E-state index in [9.17, 15) is 17.6 Å². The molecule has 0 radical (unpaired) electrons. The Kier molecular flexibility index (Phi) is 3.97. The lowest BCUT2D eigenvalue weighted by atomic mass is 10.0. The van der Waals surface area contributed by atoms with Crippen LogP contribution in [-0.4, -0.2) is 0 Å². The SMILES string of the molecule is Cc1cc(F)c(C(C)Nc2ccc(F)c(F)c2)cc1F. The first-order valence-electron chi connectivity index (χ1n) is 6.05. The van der Waals surface area contributed by atoms with Crippen molar-refractivity contribution in [3.8, 4) is 0 Å². The Morgan fingerprint density at radius 2 is 1.55 bits per heavy atom. The minimum absolute atomic E-state index is 0.123. The van der Waals surface area contributed by atoms with Gasteiger partial charge in [0, 0.05) is 17.3 Å². The zero-order chi connectivity index (χ0) is 14.9. The number of nitrogens with one attached hydrogen (secondary N) is 1. The van der Waals surface area contributed by atoms with Gasteiger partial charge in [-0.1, -0.05) is 0 Å². The highest BCUT2D eigenvalue weighted by atomic mass is 19.2. The van der Waals surface area contributed by atoms with Gasteiger partial charge >= 0.3 is 0 Å². The third-order valence-corrected chi connectivity index (χ3v) is 3.05. The van der Waals surface area contributed by atoms with Crippen LogP contribution in [0.15, 0.2) is 30.3 Å². The first-order chi connectivity index (χ1) is 9.38. The number of benzene rings is 2. The number of aryl methyl sites for hydroxylation is 1. The van der Waals surface area contributed by atoms with Gasteiger partial charge in [-0.25, -0.2) is 17.6 Å². The van der Waals surface area contributed by atoms with Crippen LogP contribution in [0.2, 0.25) is 0 Å². The fraction of sp³-hybridized carbons (Fsp3) is 0.200. The van der Waals surface area contributed by atoms with Crippen molar-refractivity contribution in [2.45, 2.75) is 19.9 Å². The molecule has 2 rings (SSSR count). The van der Waals surface area contributed by atoms with E-state index < -0.39 is 29.3 Å². The molecular weight excluding hydrogens is 270 g/mol. The second-order valence-electron chi connectivity index (χ2n) is 4.62. The molecule has 0 fully saturated rings. The smallest absolute Gasteiger partial charge is 0.160 e. The van der Waals surface area contributed by atoms with Gasteiger partial charge in [0.05, 0.1) is 6.04 Å². The van der Waals surface area contributed by atoms with Crippen molar-refractivity contribution in [1.82, 2.24) is 0 Å². The molecule has 1 N–H and O–H groups in total. The van der Waals surface area contributed by atoms with E-state index >= 15 is 0 Å². The third-order valence-electron chi connectivity index (χ3n) is 3.05. The van der Waals surface area contributed by atoms with Gasteiger partial charge in [0.15, 0.2) is 11.6 Å². The van der Waals surface area contributed by atoms with Gasteiger partial charge in [0.25, 0.3) is 0 Å². The first kappa shape index (κ1) is 14.4. The highest BCUT2D eigenvalue weighted by Crippen LogP contribution is 2.24. The standard InChI is InChI=1S/C15H13F4N/c1-8-5-14(18)11(7-13(8)17)9(2)20-10-3-4-12(16)15(19)6-10/h3-7,9,20H,1-2H3. The van der Waals surface area contributed by atoms with Crippen molar-refractivity contribution in [3.63, 3.8) is 0 Å². The molecule has 0 amide bonds. The molecule has 2 aromatic rings. The Bertz CT molecular complexity index is 640. The predicted octanol–water partition coefficient (Wildman–Crippen LogP) is 4.72. The van der Waals surface area contributed by atoms with Crippen LogP contribution in [0.3, 0.4) is 0 Å². The Hall–Kier alpha value is -2.04. The van der Waals surface area contributed by atoms with Crippen LogP contribution >= 0.6 is 0 Å². The number of hydrogen-bond acceptors (Lipinski definition) is 1. The predicted molar refractivity (Wildman–Crippen MR) is 69.5 cm³/mol. The van der Waals surface area contributed by atoms with Gasteiger partial charge in [-0.05, 0) is 43.7 Å². The highest BCUT2D eigenvalue weighted by Gasteiger charge is 2.14. The lowest BCUT2D eigenvalue weighted by molar-refractivity contribution is 0.509. The third kappa shape index (κ3) is 2.92. The second kappa shape index (κ2) is 5.53. The van der Waals surface area contributed by atoms with Crippen molar-refractivity contribution >= 4 is 5.69 Å². The number of hydrogen-bond donors (Lipinski definition) is 1. The summed E-state index contributed by atoms with van der Waals surface area (Å²) in [4.78, 5) is 0. The topological polar surface area (TPSA) is 12.0 Å². The monoisotopic (exact) mass is 283 g/mol. The van der Waals surface area contributed by atoms with E-state index in [1.54, 1.807) is 6.92 Å². The lowest BCUT2D eigenvalue weighted by Gasteiger charge is -2.17. The summed E-state index contributed by atoms with van der Waals surface area (Å²) in [6.45, 7) is 3.07. The van der Waals surface area contributed by atoms with Gasteiger partial charge in [-0.2, -0.15) is 0 Å². The fourth-order valence-corrected chi connectivity index (χ4v) is 1.91. The molecule has 0 spiro atoms. The molecule has 20 heavy (non-hydrogen) atoms. The molecule has 1 nitrogen and oxygen atoms in total. The quantitative estimate of drug-likeness (QED) is 0.803. The lowest BCUT2D eigenvalue weighted by Crippen LogP contribution is -2.10. The number of halogens is 4. The van der Waals surface area contributed by atoms with E-state index in [2.05, 4.69) is 5.32 Å². The van der Waals surface area contributed by atoms with Gasteiger partial charge in [-0.3, -0.25) is 0 Å². The molecule has 0 heterocycles. The molecule has 0 aliphatic carbocycles. The van der Waals surface area contributed by atoms with Crippen LogP contribution < -0.4 is 5.32 Å². The summed E-state index contributed by atoms with van der Waals surface area (Å²) in [6, 6.07) is 4.88. The Morgan fingerprint density at radius 3 is 2.20 bits per heavy atom. The maximum Gasteiger partial charge on any atom is 0.160 e. The first-order valence-corrected chi connectivity index (χ1v) is 6.05. The molecule has 0 aliphatic heterocycles. The average Bonchev–Trinajstić information content (AvgIpc) is 2.38. The summed E-state index contributed by atoms with van der Waals surface area (Å²) in [5.74, 6) is -3.03. The molecule has 0 aliphatic rings. The average molecular weight is 283 g/mol. The van der Waals surface area contributed by atoms with Crippen molar-refractivity contribution in [3.05, 3.63) is 64.7 Å². The van der Waals surface area contributed by atoms with Crippen molar-refractivity contribution in [2.24, 2.45) is 0 Å². The second-order valence-corrected chi connectivity index (χ2v) is 4.62. The van der Waals surface area contributed by atoms with E-state index in [-0.39, 0.29) is 16.8 Å². The van der Waals surface area contributed by atoms with E-state index in [1.165, 1.54) is 13.0 Å². The van der Waals surface area contributed by atoms with Crippen molar-refractivity contribution in [1.29, 1.82) is 0 Å². The number of rotatable bonds is 3. The fourth-order valence-electron chi connectivity index (χ4n) is 1.91. The Balaban J connectivity index is 2.25. The van der Waals surface area contributed by atoms with Crippen LogP contribution in [-0.2, 0) is 0 Å². The van der Waals surface area contributed by atoms with E-state index in [1.807, 2.05) is 0 Å². The van der Waals surface area contributed by atoms with Gasteiger partial charge in [0.2, 0.25) is 0 Å². The van der Waals surface area contributed by atoms with Crippen LogP contribution in [0.25, 0.3) is 0 Å². The molecule has 0 saturated carbocycles. The Morgan fingerprint density at radius 1 is 0.850 bits per heavy atom. The summed E-state index contributed by atoms with van der Waals surface area (Å²) in [7, 11) is 0. The van der Waals surface area contributed by atoms with Gasteiger partial charge in [0.1, 0.15) is 11.6 Å².